The van der Waals surface area contributed by atoms with Crippen LogP contribution in [0, 0.1) is 12.7 Å². The zero-order valence-electron chi connectivity index (χ0n) is 13.0. The van der Waals surface area contributed by atoms with Gasteiger partial charge in [0.05, 0.1) is 12.2 Å². The predicted molar refractivity (Wildman–Crippen MR) is 91.2 cm³/mol. The number of aliphatic imine (C=N–C) groups is 1. The van der Waals surface area contributed by atoms with Crippen molar-refractivity contribution in [2.45, 2.75) is 20.0 Å². The van der Waals surface area contributed by atoms with Crippen molar-refractivity contribution >= 4 is 22.3 Å². The lowest BCUT2D eigenvalue weighted by atomic mass is 10.1. The fourth-order valence-electron chi connectivity index (χ4n) is 2.19. The molecule has 1 aromatic carbocycles. The Morgan fingerprint density at radius 3 is 2.91 bits per heavy atom. The van der Waals surface area contributed by atoms with Crippen molar-refractivity contribution in [1.82, 2.24) is 20.0 Å². The smallest absolute Gasteiger partial charge is 0.193 e. The number of hydrogen-bond donors (Lipinski definition) is 2. The van der Waals surface area contributed by atoms with Gasteiger partial charge in [0.15, 0.2) is 10.9 Å². The number of nitrogens with one attached hydrogen (secondary N) is 2. The third-order valence-electron chi connectivity index (χ3n) is 3.50. The average Bonchev–Trinajstić information content (AvgIpc) is 3.12. The molecule has 0 saturated heterocycles. The van der Waals surface area contributed by atoms with Crippen LogP contribution in [-0.4, -0.2) is 22.4 Å². The monoisotopic (exact) mass is 331 g/mol. The molecule has 2 heterocycles. The maximum absolute atomic E-state index is 13.5. The van der Waals surface area contributed by atoms with Gasteiger partial charge in [0.25, 0.3) is 0 Å². The first-order valence-corrected chi connectivity index (χ1v) is 8.14. The molecule has 5 nitrogen and oxygen atoms in total. The van der Waals surface area contributed by atoms with E-state index in [1.165, 1.54) is 0 Å². The van der Waals surface area contributed by atoms with E-state index in [4.69, 9.17) is 0 Å². The summed E-state index contributed by atoms with van der Waals surface area (Å²) in [6, 6.07) is 5.22. The van der Waals surface area contributed by atoms with Crippen LogP contribution in [0.25, 0.3) is 4.96 Å². The number of fused-ring (bicyclic) bond motifs is 1. The van der Waals surface area contributed by atoms with E-state index in [2.05, 4.69) is 20.6 Å². The van der Waals surface area contributed by atoms with Crippen LogP contribution in [0.4, 0.5) is 4.39 Å². The molecule has 0 aliphatic carbocycles. The second kappa shape index (κ2) is 6.78. The summed E-state index contributed by atoms with van der Waals surface area (Å²) >= 11 is 1.60. The van der Waals surface area contributed by atoms with Crippen molar-refractivity contribution in [1.29, 1.82) is 0 Å². The molecule has 0 fully saturated rings. The molecule has 0 unspecified atom stereocenters. The summed E-state index contributed by atoms with van der Waals surface area (Å²) in [5, 5.41) is 8.38. The molecule has 3 rings (SSSR count). The van der Waals surface area contributed by atoms with Gasteiger partial charge < -0.3 is 10.6 Å². The van der Waals surface area contributed by atoms with E-state index in [0.717, 1.165) is 16.2 Å². The summed E-state index contributed by atoms with van der Waals surface area (Å²) in [5.74, 6) is 0.465. The zero-order valence-corrected chi connectivity index (χ0v) is 13.8. The van der Waals surface area contributed by atoms with E-state index in [1.54, 1.807) is 37.4 Å². The summed E-state index contributed by atoms with van der Waals surface area (Å²) in [7, 11) is 1.71. The molecule has 7 heteroatoms. The van der Waals surface area contributed by atoms with Crippen LogP contribution in [0.15, 0.2) is 41.0 Å². The van der Waals surface area contributed by atoms with E-state index < -0.39 is 0 Å². The molecule has 120 valence electrons. The second-order valence-electron chi connectivity index (χ2n) is 5.19. The van der Waals surface area contributed by atoms with Crippen LogP contribution < -0.4 is 10.6 Å². The molecule has 0 bridgehead atoms. The molecule has 0 atom stereocenters. The van der Waals surface area contributed by atoms with E-state index >= 15 is 0 Å². The van der Waals surface area contributed by atoms with Gasteiger partial charge in [-0.3, -0.25) is 9.39 Å². The summed E-state index contributed by atoms with van der Waals surface area (Å²) in [6.07, 6.45) is 3.97. The molecular weight excluding hydrogens is 313 g/mol. The third-order valence-corrected chi connectivity index (χ3v) is 4.27. The minimum absolute atomic E-state index is 0.190. The molecule has 2 aromatic heterocycles. The highest BCUT2D eigenvalue weighted by molar-refractivity contribution is 7.15. The molecular formula is C16H18FN5S. The number of thiazole rings is 1. The SMILES string of the molecule is CN=C(NCc1ccc(C)c(F)c1)NCc1cn2ccsc2n1. The zero-order chi connectivity index (χ0) is 16.2. The van der Waals surface area contributed by atoms with Crippen LogP contribution in [0.3, 0.4) is 0 Å². The first-order chi connectivity index (χ1) is 11.2. The molecule has 3 aromatic rings. The Balaban J connectivity index is 1.55. The van der Waals surface area contributed by atoms with E-state index in [-0.39, 0.29) is 5.82 Å². The van der Waals surface area contributed by atoms with Gasteiger partial charge in [0.2, 0.25) is 0 Å². The van der Waals surface area contributed by atoms with E-state index in [0.29, 0.717) is 24.6 Å². The van der Waals surface area contributed by atoms with Crippen LogP contribution in [0.5, 0.6) is 0 Å². The summed E-state index contributed by atoms with van der Waals surface area (Å²) in [6.45, 7) is 2.84. The third kappa shape index (κ3) is 3.68. The lowest BCUT2D eigenvalue weighted by Crippen LogP contribution is -2.36. The van der Waals surface area contributed by atoms with Gasteiger partial charge in [-0.25, -0.2) is 9.37 Å². The van der Waals surface area contributed by atoms with Crippen molar-refractivity contribution in [3.05, 3.63) is 58.6 Å². The van der Waals surface area contributed by atoms with Gasteiger partial charge >= 0.3 is 0 Å². The Morgan fingerprint density at radius 1 is 1.35 bits per heavy atom. The topological polar surface area (TPSA) is 53.7 Å². The summed E-state index contributed by atoms with van der Waals surface area (Å²) in [5.41, 5.74) is 2.47. The fourth-order valence-corrected chi connectivity index (χ4v) is 2.91. The van der Waals surface area contributed by atoms with Crippen molar-refractivity contribution < 1.29 is 4.39 Å². The summed E-state index contributed by atoms with van der Waals surface area (Å²) in [4.78, 5) is 9.65. The minimum atomic E-state index is -0.190. The Morgan fingerprint density at radius 2 is 2.17 bits per heavy atom. The maximum Gasteiger partial charge on any atom is 0.193 e. The van der Waals surface area contributed by atoms with Crippen molar-refractivity contribution in [2.75, 3.05) is 7.05 Å². The Bertz CT molecular complexity index is 807. The fraction of sp³-hybridized carbons (Fsp3) is 0.250. The standard InChI is InChI=1S/C16H18FN5S/c1-11-3-4-12(7-14(11)17)8-19-15(18-2)20-9-13-10-22-5-6-23-16(22)21-13/h3-7,10H,8-9H2,1-2H3,(H2,18,19,20). The van der Waals surface area contributed by atoms with E-state index in [9.17, 15) is 4.39 Å². The quantitative estimate of drug-likeness (QED) is 0.571. The predicted octanol–water partition coefficient (Wildman–Crippen LogP) is 2.71. The summed E-state index contributed by atoms with van der Waals surface area (Å²) < 4.78 is 15.5. The van der Waals surface area contributed by atoms with Crippen molar-refractivity contribution in [2.24, 2.45) is 4.99 Å². The molecule has 0 aliphatic heterocycles. The number of benzene rings is 1. The number of halogens is 1. The van der Waals surface area contributed by atoms with Crippen molar-refractivity contribution in [3.8, 4) is 0 Å². The molecule has 0 spiro atoms. The Labute approximate surface area is 137 Å². The normalized spacial score (nSPS) is 11.9. The first kappa shape index (κ1) is 15.5. The van der Waals surface area contributed by atoms with E-state index in [1.807, 2.05) is 28.2 Å². The molecule has 2 N–H and O–H groups in total. The van der Waals surface area contributed by atoms with Crippen molar-refractivity contribution in [3.63, 3.8) is 0 Å². The van der Waals surface area contributed by atoms with Gasteiger partial charge in [-0.15, -0.1) is 11.3 Å². The van der Waals surface area contributed by atoms with Gasteiger partial charge in [0.1, 0.15) is 5.82 Å². The highest BCUT2D eigenvalue weighted by Gasteiger charge is 2.05. The van der Waals surface area contributed by atoms with Gasteiger partial charge in [0, 0.05) is 31.4 Å². The number of rotatable bonds is 4. The van der Waals surface area contributed by atoms with Crippen LogP contribution in [0.1, 0.15) is 16.8 Å². The highest BCUT2D eigenvalue weighted by atomic mass is 32.1. The van der Waals surface area contributed by atoms with Crippen LogP contribution >= 0.6 is 11.3 Å². The maximum atomic E-state index is 13.5. The number of imidazole rings is 1. The lowest BCUT2D eigenvalue weighted by Gasteiger charge is -2.11. The van der Waals surface area contributed by atoms with Gasteiger partial charge in [-0.2, -0.15) is 0 Å². The molecule has 0 radical (unpaired) electrons. The van der Waals surface area contributed by atoms with Gasteiger partial charge in [-0.1, -0.05) is 12.1 Å². The molecule has 0 saturated carbocycles. The number of guanidine groups is 1. The lowest BCUT2D eigenvalue weighted by molar-refractivity contribution is 0.615. The Hall–Kier alpha value is -2.41. The number of nitrogens with zero attached hydrogens (tertiary/aromatic N) is 3. The molecule has 0 amide bonds. The van der Waals surface area contributed by atoms with Crippen LogP contribution in [-0.2, 0) is 13.1 Å². The first-order valence-electron chi connectivity index (χ1n) is 7.26. The van der Waals surface area contributed by atoms with Crippen LogP contribution in [0.2, 0.25) is 0 Å². The highest BCUT2D eigenvalue weighted by Crippen LogP contribution is 2.11. The van der Waals surface area contributed by atoms with Gasteiger partial charge in [-0.05, 0) is 24.1 Å². The Kier molecular flexibility index (Phi) is 4.57. The number of aromatic nitrogens is 2. The minimum Gasteiger partial charge on any atom is -0.352 e. The second-order valence-corrected chi connectivity index (χ2v) is 6.06. The molecule has 23 heavy (non-hydrogen) atoms. The average molecular weight is 331 g/mol. The number of aryl methyl sites for hydroxylation is 1. The largest absolute Gasteiger partial charge is 0.352 e. The number of hydrogen-bond acceptors (Lipinski definition) is 3. The molecule has 0 aliphatic rings.